The maximum absolute atomic E-state index is 5.28. The second-order valence-electron chi connectivity index (χ2n) is 4.42. The number of aromatic nitrogens is 2. The van der Waals surface area contributed by atoms with Crippen LogP contribution in [0.3, 0.4) is 0 Å². The van der Waals surface area contributed by atoms with Gasteiger partial charge in [-0.3, -0.25) is 4.68 Å². The summed E-state index contributed by atoms with van der Waals surface area (Å²) in [4.78, 5) is 2.00. The first-order valence-electron chi connectivity index (χ1n) is 5.46. The zero-order chi connectivity index (χ0) is 12.1. The number of rotatable bonds is 4. The first-order valence-corrected chi connectivity index (χ1v) is 5.87. The lowest BCUT2D eigenvalue weighted by molar-refractivity contribution is 0.470. The highest BCUT2D eigenvalue weighted by Gasteiger charge is 2.06. The van der Waals surface area contributed by atoms with Crippen molar-refractivity contribution in [3.63, 3.8) is 0 Å². The minimum absolute atomic E-state index is 0.598. The monoisotopic (exact) mass is 240 g/mol. The van der Waals surface area contributed by atoms with E-state index in [4.69, 9.17) is 12.2 Å². The van der Waals surface area contributed by atoms with Crippen molar-refractivity contribution in [2.45, 2.75) is 20.4 Å². The predicted octanol–water partition coefficient (Wildman–Crippen LogP) is 1.38. The van der Waals surface area contributed by atoms with Gasteiger partial charge in [0, 0.05) is 26.8 Å². The Bertz CT molecular complexity index is 346. The lowest BCUT2D eigenvalue weighted by Gasteiger charge is -2.20. The minimum Gasteiger partial charge on any atom is -0.362 e. The molecule has 1 aromatic rings. The van der Waals surface area contributed by atoms with E-state index in [2.05, 4.69) is 24.3 Å². The van der Waals surface area contributed by atoms with Crippen molar-refractivity contribution in [3.8, 4) is 0 Å². The Morgan fingerprint density at radius 1 is 1.62 bits per heavy atom. The molecule has 90 valence electrons. The molecule has 0 aromatic carbocycles. The van der Waals surface area contributed by atoms with Gasteiger partial charge < -0.3 is 10.2 Å². The molecule has 1 N–H and O–H groups in total. The number of nitrogens with one attached hydrogen (secondary N) is 1. The summed E-state index contributed by atoms with van der Waals surface area (Å²) in [7, 11) is 3.89. The molecule has 0 radical (unpaired) electrons. The van der Waals surface area contributed by atoms with Crippen molar-refractivity contribution < 1.29 is 0 Å². The molecule has 0 unspecified atom stereocenters. The lowest BCUT2D eigenvalue weighted by Crippen LogP contribution is -2.38. The SMILES string of the molecule is CC(C)CNC(=S)N(C)Cc1ccn(C)n1. The van der Waals surface area contributed by atoms with Gasteiger partial charge in [0.1, 0.15) is 0 Å². The van der Waals surface area contributed by atoms with E-state index in [1.165, 1.54) is 0 Å². The molecule has 1 aromatic heterocycles. The predicted molar refractivity (Wildman–Crippen MR) is 70.1 cm³/mol. The third kappa shape index (κ3) is 4.18. The van der Waals surface area contributed by atoms with E-state index in [-0.39, 0.29) is 0 Å². The molecule has 16 heavy (non-hydrogen) atoms. The van der Waals surface area contributed by atoms with Gasteiger partial charge in [0.15, 0.2) is 5.11 Å². The molecule has 4 nitrogen and oxygen atoms in total. The standard InChI is InChI=1S/C11H20N4S/c1-9(2)7-12-11(16)14(3)8-10-5-6-15(4)13-10/h5-6,9H,7-8H2,1-4H3,(H,12,16). The number of nitrogens with zero attached hydrogens (tertiary/aromatic N) is 3. The normalized spacial score (nSPS) is 10.6. The molecule has 0 fully saturated rings. The Balaban J connectivity index is 2.39. The molecule has 0 atom stereocenters. The molecule has 0 spiro atoms. The topological polar surface area (TPSA) is 33.1 Å². The van der Waals surface area contributed by atoms with Gasteiger partial charge >= 0.3 is 0 Å². The molecule has 0 bridgehead atoms. The Morgan fingerprint density at radius 3 is 2.81 bits per heavy atom. The van der Waals surface area contributed by atoms with Gasteiger partial charge in [-0.15, -0.1) is 0 Å². The summed E-state index contributed by atoms with van der Waals surface area (Å²) in [6, 6.07) is 2.00. The van der Waals surface area contributed by atoms with Gasteiger partial charge in [-0.05, 0) is 24.2 Å². The first-order chi connectivity index (χ1) is 7.49. The molecule has 0 saturated carbocycles. The van der Waals surface area contributed by atoms with Crippen LogP contribution in [0, 0.1) is 5.92 Å². The Labute approximate surface area is 103 Å². The van der Waals surface area contributed by atoms with Crippen LogP contribution in [0.2, 0.25) is 0 Å². The second kappa shape index (κ2) is 5.84. The third-order valence-corrected chi connectivity index (χ3v) is 2.63. The average molecular weight is 240 g/mol. The zero-order valence-corrected chi connectivity index (χ0v) is 11.2. The maximum atomic E-state index is 5.28. The van der Waals surface area contributed by atoms with Gasteiger partial charge in [-0.1, -0.05) is 13.8 Å². The van der Waals surface area contributed by atoms with E-state index in [0.717, 1.165) is 23.9 Å². The second-order valence-corrected chi connectivity index (χ2v) is 4.80. The number of thiocarbonyl (C=S) groups is 1. The summed E-state index contributed by atoms with van der Waals surface area (Å²) in [6.07, 6.45) is 1.94. The van der Waals surface area contributed by atoms with Crippen LogP contribution < -0.4 is 5.32 Å². The van der Waals surface area contributed by atoms with Crippen molar-refractivity contribution >= 4 is 17.3 Å². The Morgan fingerprint density at radius 2 is 2.31 bits per heavy atom. The number of hydrogen-bond acceptors (Lipinski definition) is 2. The van der Waals surface area contributed by atoms with Crippen LogP contribution in [0.1, 0.15) is 19.5 Å². The van der Waals surface area contributed by atoms with Gasteiger partial charge in [-0.2, -0.15) is 5.10 Å². The van der Waals surface area contributed by atoms with Crippen LogP contribution in [0.5, 0.6) is 0 Å². The highest BCUT2D eigenvalue weighted by molar-refractivity contribution is 7.80. The van der Waals surface area contributed by atoms with E-state index >= 15 is 0 Å². The van der Waals surface area contributed by atoms with E-state index in [0.29, 0.717) is 5.92 Å². The summed E-state index contributed by atoms with van der Waals surface area (Å²) >= 11 is 5.28. The van der Waals surface area contributed by atoms with Crippen molar-refractivity contribution in [1.82, 2.24) is 20.0 Å². The fourth-order valence-electron chi connectivity index (χ4n) is 1.29. The van der Waals surface area contributed by atoms with E-state index in [1.807, 2.05) is 31.3 Å². The quantitative estimate of drug-likeness (QED) is 0.806. The van der Waals surface area contributed by atoms with Crippen LogP contribution in [0.4, 0.5) is 0 Å². The maximum Gasteiger partial charge on any atom is 0.169 e. The first kappa shape index (κ1) is 13.0. The summed E-state index contributed by atoms with van der Waals surface area (Å²) in [6.45, 7) is 5.97. The molecule has 1 rings (SSSR count). The smallest absolute Gasteiger partial charge is 0.169 e. The van der Waals surface area contributed by atoms with E-state index in [1.54, 1.807) is 4.68 Å². The van der Waals surface area contributed by atoms with Gasteiger partial charge in [0.2, 0.25) is 0 Å². The van der Waals surface area contributed by atoms with Crippen molar-refractivity contribution in [2.24, 2.45) is 13.0 Å². The summed E-state index contributed by atoms with van der Waals surface area (Å²) in [5.41, 5.74) is 1.03. The van der Waals surface area contributed by atoms with Gasteiger partial charge in [0.05, 0.1) is 12.2 Å². The van der Waals surface area contributed by atoms with Gasteiger partial charge in [-0.25, -0.2) is 0 Å². The summed E-state index contributed by atoms with van der Waals surface area (Å²) < 4.78 is 1.80. The van der Waals surface area contributed by atoms with Crippen LogP contribution in [-0.4, -0.2) is 33.4 Å². The van der Waals surface area contributed by atoms with Crippen LogP contribution in [0.15, 0.2) is 12.3 Å². The van der Waals surface area contributed by atoms with E-state index in [9.17, 15) is 0 Å². The van der Waals surface area contributed by atoms with Crippen LogP contribution in [-0.2, 0) is 13.6 Å². The van der Waals surface area contributed by atoms with Crippen LogP contribution in [0.25, 0.3) is 0 Å². The van der Waals surface area contributed by atoms with E-state index < -0.39 is 0 Å². The highest BCUT2D eigenvalue weighted by Crippen LogP contribution is 2.00. The van der Waals surface area contributed by atoms with Crippen LogP contribution >= 0.6 is 12.2 Å². The molecule has 0 saturated heterocycles. The molecule has 0 amide bonds. The molecule has 0 aliphatic carbocycles. The Kier molecular flexibility index (Phi) is 4.73. The fraction of sp³-hybridized carbons (Fsp3) is 0.636. The fourth-order valence-corrected chi connectivity index (χ4v) is 1.44. The Hall–Kier alpha value is -1.10. The average Bonchev–Trinajstić information content (AvgIpc) is 2.60. The zero-order valence-electron chi connectivity index (χ0n) is 10.4. The minimum atomic E-state index is 0.598. The molecular weight excluding hydrogens is 220 g/mol. The number of aryl methyl sites for hydroxylation is 1. The molecule has 0 aliphatic heterocycles. The highest BCUT2D eigenvalue weighted by atomic mass is 32.1. The molecule has 1 heterocycles. The summed E-state index contributed by atoms with van der Waals surface area (Å²) in [5.74, 6) is 0.598. The number of hydrogen-bond donors (Lipinski definition) is 1. The third-order valence-electron chi connectivity index (χ3n) is 2.18. The molecule has 5 heteroatoms. The molecular formula is C11H20N4S. The van der Waals surface area contributed by atoms with Crippen molar-refractivity contribution in [1.29, 1.82) is 0 Å². The van der Waals surface area contributed by atoms with Crippen molar-refractivity contribution in [2.75, 3.05) is 13.6 Å². The lowest BCUT2D eigenvalue weighted by atomic mass is 10.2. The van der Waals surface area contributed by atoms with Crippen molar-refractivity contribution in [3.05, 3.63) is 18.0 Å². The summed E-state index contributed by atoms with van der Waals surface area (Å²) in [5, 5.41) is 8.32. The molecule has 0 aliphatic rings. The largest absolute Gasteiger partial charge is 0.362 e. The van der Waals surface area contributed by atoms with Gasteiger partial charge in [0.25, 0.3) is 0 Å².